The van der Waals surface area contributed by atoms with Crippen molar-refractivity contribution in [3.8, 4) is 11.3 Å². The normalized spacial score (nSPS) is 10.9. The summed E-state index contributed by atoms with van der Waals surface area (Å²) in [7, 11) is 0. The van der Waals surface area contributed by atoms with Crippen LogP contribution in [0.2, 0.25) is 10.0 Å². The number of halogens is 2. The van der Waals surface area contributed by atoms with E-state index >= 15 is 0 Å². The molecule has 0 aliphatic carbocycles. The van der Waals surface area contributed by atoms with Gasteiger partial charge in [-0.05, 0) is 61.5 Å². The van der Waals surface area contributed by atoms with E-state index in [2.05, 4.69) is 5.32 Å². The van der Waals surface area contributed by atoms with Gasteiger partial charge in [0.1, 0.15) is 11.5 Å². The van der Waals surface area contributed by atoms with Crippen LogP contribution in [-0.2, 0) is 9.53 Å². The Labute approximate surface area is 177 Å². The number of furan rings is 1. The lowest BCUT2D eigenvalue weighted by atomic mass is 10.2. The Morgan fingerprint density at radius 2 is 1.93 bits per heavy atom. The zero-order chi connectivity index (χ0) is 20.8. The van der Waals surface area contributed by atoms with E-state index in [0.717, 1.165) is 0 Å². The van der Waals surface area contributed by atoms with E-state index in [1.165, 1.54) is 12.2 Å². The summed E-state index contributed by atoms with van der Waals surface area (Å²) in [6, 6.07) is 15.1. The van der Waals surface area contributed by atoms with Crippen molar-refractivity contribution >= 4 is 46.8 Å². The van der Waals surface area contributed by atoms with Crippen molar-refractivity contribution in [1.82, 2.24) is 0 Å². The number of anilines is 1. The molecule has 1 amide bonds. The Morgan fingerprint density at radius 1 is 1.10 bits per heavy atom. The van der Waals surface area contributed by atoms with Gasteiger partial charge in [0.15, 0.2) is 0 Å². The standard InChI is InChI=1S/C22H17Cl2NO4/c1-2-28-22(27)14-4-3-5-16(12-14)25-21(26)11-8-17-7-10-20(29-17)18-9-6-15(23)13-19(18)24/h3-13H,2H2,1H3,(H,25,26)/b11-8+. The fourth-order valence-corrected chi connectivity index (χ4v) is 3.06. The molecule has 0 unspecified atom stereocenters. The van der Waals surface area contributed by atoms with Crippen LogP contribution in [0.4, 0.5) is 5.69 Å². The highest BCUT2D eigenvalue weighted by molar-refractivity contribution is 6.36. The molecule has 0 atom stereocenters. The van der Waals surface area contributed by atoms with E-state index in [1.54, 1.807) is 61.5 Å². The van der Waals surface area contributed by atoms with Gasteiger partial charge in [0.25, 0.3) is 0 Å². The number of rotatable bonds is 6. The first kappa shape index (κ1) is 20.7. The molecule has 0 aliphatic rings. The van der Waals surface area contributed by atoms with Crippen molar-refractivity contribution in [3.63, 3.8) is 0 Å². The minimum absolute atomic E-state index is 0.282. The number of benzene rings is 2. The molecule has 5 nitrogen and oxygen atoms in total. The lowest BCUT2D eigenvalue weighted by Crippen LogP contribution is -2.09. The Bertz CT molecular complexity index is 1070. The first-order valence-electron chi connectivity index (χ1n) is 8.78. The molecular formula is C22H17Cl2NO4. The molecule has 0 fully saturated rings. The lowest BCUT2D eigenvalue weighted by molar-refractivity contribution is -0.111. The number of amides is 1. The third-order valence-corrected chi connectivity index (χ3v) is 4.41. The predicted octanol–water partition coefficient (Wildman–Crippen LogP) is 6.08. The molecule has 3 aromatic rings. The van der Waals surface area contributed by atoms with Gasteiger partial charge in [-0.25, -0.2) is 4.79 Å². The Hall–Kier alpha value is -3.02. The van der Waals surface area contributed by atoms with Crippen LogP contribution in [0.25, 0.3) is 17.4 Å². The third kappa shape index (κ3) is 5.50. The predicted molar refractivity (Wildman–Crippen MR) is 114 cm³/mol. The first-order valence-corrected chi connectivity index (χ1v) is 9.53. The molecule has 29 heavy (non-hydrogen) atoms. The molecule has 2 aromatic carbocycles. The van der Waals surface area contributed by atoms with Crippen LogP contribution in [0.15, 0.2) is 65.1 Å². The zero-order valence-corrected chi connectivity index (χ0v) is 17.0. The number of esters is 1. The molecular weight excluding hydrogens is 413 g/mol. The molecule has 148 valence electrons. The SMILES string of the molecule is CCOC(=O)c1cccc(NC(=O)/C=C/c2ccc(-c3ccc(Cl)cc3Cl)o2)c1. The molecule has 3 rings (SSSR count). The minimum atomic E-state index is -0.442. The largest absolute Gasteiger partial charge is 0.462 e. The van der Waals surface area contributed by atoms with Gasteiger partial charge in [-0.1, -0.05) is 29.3 Å². The molecule has 0 radical (unpaired) electrons. The summed E-state index contributed by atoms with van der Waals surface area (Å²) in [5.41, 5.74) is 1.55. The maximum atomic E-state index is 12.2. The van der Waals surface area contributed by atoms with Crippen molar-refractivity contribution in [2.45, 2.75) is 6.92 Å². The molecule has 0 saturated carbocycles. The highest BCUT2D eigenvalue weighted by atomic mass is 35.5. The Kier molecular flexibility index (Phi) is 6.75. The third-order valence-electron chi connectivity index (χ3n) is 3.86. The van der Waals surface area contributed by atoms with Crippen molar-refractivity contribution in [2.75, 3.05) is 11.9 Å². The average molecular weight is 430 g/mol. The van der Waals surface area contributed by atoms with Gasteiger partial charge in [-0.15, -0.1) is 0 Å². The molecule has 1 N–H and O–H groups in total. The van der Waals surface area contributed by atoms with E-state index in [4.69, 9.17) is 32.4 Å². The van der Waals surface area contributed by atoms with E-state index in [9.17, 15) is 9.59 Å². The molecule has 0 saturated heterocycles. The van der Waals surface area contributed by atoms with Crippen LogP contribution >= 0.6 is 23.2 Å². The van der Waals surface area contributed by atoms with Gasteiger partial charge in [0, 0.05) is 22.3 Å². The molecule has 1 aromatic heterocycles. The molecule has 0 aliphatic heterocycles. The highest BCUT2D eigenvalue weighted by Crippen LogP contribution is 2.31. The summed E-state index contributed by atoms with van der Waals surface area (Å²) in [5, 5.41) is 3.70. The number of ether oxygens (including phenoxy) is 1. The van der Waals surface area contributed by atoms with Crippen LogP contribution in [0.3, 0.4) is 0 Å². The molecule has 1 heterocycles. The Morgan fingerprint density at radius 3 is 2.69 bits per heavy atom. The van der Waals surface area contributed by atoms with Crippen molar-refractivity contribution in [1.29, 1.82) is 0 Å². The van der Waals surface area contributed by atoms with Crippen molar-refractivity contribution in [3.05, 3.63) is 82.0 Å². The van der Waals surface area contributed by atoms with E-state index in [-0.39, 0.29) is 12.5 Å². The highest BCUT2D eigenvalue weighted by Gasteiger charge is 2.09. The molecule has 7 heteroatoms. The maximum absolute atomic E-state index is 12.2. The number of carbonyl (C=O) groups is 2. The first-order chi connectivity index (χ1) is 14.0. The summed E-state index contributed by atoms with van der Waals surface area (Å²) >= 11 is 12.1. The van der Waals surface area contributed by atoms with Crippen LogP contribution in [0.5, 0.6) is 0 Å². The topological polar surface area (TPSA) is 68.5 Å². The number of hydrogen-bond acceptors (Lipinski definition) is 4. The summed E-state index contributed by atoms with van der Waals surface area (Å²) < 4.78 is 10.7. The van der Waals surface area contributed by atoms with Crippen molar-refractivity contribution in [2.24, 2.45) is 0 Å². The summed E-state index contributed by atoms with van der Waals surface area (Å²) in [5.74, 6) is 0.243. The average Bonchev–Trinajstić information content (AvgIpc) is 3.15. The maximum Gasteiger partial charge on any atom is 0.338 e. The van der Waals surface area contributed by atoms with E-state index in [1.807, 2.05) is 0 Å². The second-order valence-corrected chi connectivity index (χ2v) is 6.79. The van der Waals surface area contributed by atoms with Crippen LogP contribution < -0.4 is 5.32 Å². The van der Waals surface area contributed by atoms with E-state index < -0.39 is 5.97 Å². The van der Waals surface area contributed by atoms with Gasteiger partial charge in [-0.3, -0.25) is 4.79 Å². The zero-order valence-electron chi connectivity index (χ0n) is 15.4. The second kappa shape index (κ2) is 9.45. The number of carbonyl (C=O) groups excluding carboxylic acids is 2. The quantitative estimate of drug-likeness (QED) is 0.380. The number of hydrogen-bond donors (Lipinski definition) is 1. The van der Waals surface area contributed by atoms with Gasteiger partial charge in [0.2, 0.25) is 5.91 Å². The van der Waals surface area contributed by atoms with Gasteiger partial charge >= 0.3 is 5.97 Å². The van der Waals surface area contributed by atoms with Crippen LogP contribution in [0.1, 0.15) is 23.0 Å². The van der Waals surface area contributed by atoms with Gasteiger partial charge < -0.3 is 14.5 Å². The monoisotopic (exact) mass is 429 g/mol. The summed E-state index contributed by atoms with van der Waals surface area (Å²) in [6.07, 6.45) is 2.88. The fourth-order valence-electron chi connectivity index (χ4n) is 2.56. The lowest BCUT2D eigenvalue weighted by Gasteiger charge is -2.05. The number of nitrogens with one attached hydrogen (secondary N) is 1. The fraction of sp³-hybridized carbons (Fsp3) is 0.0909. The molecule has 0 spiro atoms. The minimum Gasteiger partial charge on any atom is -0.462 e. The summed E-state index contributed by atoms with van der Waals surface area (Å²) in [4.78, 5) is 23.9. The van der Waals surface area contributed by atoms with E-state index in [0.29, 0.717) is 38.4 Å². The summed E-state index contributed by atoms with van der Waals surface area (Å²) in [6.45, 7) is 2.01. The molecule has 0 bridgehead atoms. The van der Waals surface area contributed by atoms with Gasteiger partial charge in [-0.2, -0.15) is 0 Å². The van der Waals surface area contributed by atoms with Gasteiger partial charge in [0.05, 0.1) is 17.2 Å². The van der Waals surface area contributed by atoms with Crippen molar-refractivity contribution < 1.29 is 18.7 Å². The second-order valence-electron chi connectivity index (χ2n) is 5.95. The van der Waals surface area contributed by atoms with Crippen LogP contribution in [0, 0.1) is 0 Å². The Balaban J connectivity index is 1.66. The smallest absolute Gasteiger partial charge is 0.338 e. The van der Waals surface area contributed by atoms with Crippen LogP contribution in [-0.4, -0.2) is 18.5 Å².